The normalized spacial score (nSPS) is 15.4. The van der Waals surface area contributed by atoms with Crippen LogP contribution in [0.25, 0.3) is 0 Å². The Bertz CT molecular complexity index is 1450. The number of hydrogen-bond acceptors (Lipinski definition) is 7. The molecule has 1 atom stereocenters. The Morgan fingerprint density at radius 2 is 1.98 bits per heavy atom. The Labute approximate surface area is 233 Å². The van der Waals surface area contributed by atoms with Gasteiger partial charge in [-0.25, -0.2) is 18.9 Å². The lowest BCUT2D eigenvalue weighted by Gasteiger charge is -2.33. The van der Waals surface area contributed by atoms with Crippen molar-refractivity contribution in [3.63, 3.8) is 0 Å². The van der Waals surface area contributed by atoms with Crippen LogP contribution in [0, 0.1) is 11.7 Å². The number of alkyl halides is 3. The van der Waals surface area contributed by atoms with E-state index in [1.54, 1.807) is 13.8 Å². The number of carbonyl (C=O) groups excluding carboxylic acids is 2. The second kappa shape index (κ2) is 12.1. The highest BCUT2D eigenvalue weighted by Crippen LogP contribution is 2.40. The minimum Gasteiger partial charge on any atom is -0.465 e. The molecule has 1 aromatic carbocycles. The van der Waals surface area contributed by atoms with Crippen LogP contribution >= 0.6 is 0 Å². The Hall–Kier alpha value is -4.29. The topological polar surface area (TPSA) is 99.4 Å². The fraction of sp³-hybridized carbons (Fsp3) is 0.393. The first kappa shape index (κ1) is 29.7. The van der Waals surface area contributed by atoms with E-state index in [0.717, 1.165) is 37.9 Å². The Morgan fingerprint density at radius 3 is 2.56 bits per heavy atom. The first-order valence-electron chi connectivity index (χ1n) is 12.9. The summed E-state index contributed by atoms with van der Waals surface area (Å²) in [5.41, 5.74) is -0.242. The average molecular weight is 576 g/mol. The van der Waals surface area contributed by atoms with Crippen LogP contribution in [0.4, 0.5) is 23.2 Å². The molecule has 0 bridgehead atoms. The van der Waals surface area contributed by atoms with Crippen LogP contribution in [-0.2, 0) is 22.3 Å². The van der Waals surface area contributed by atoms with Crippen LogP contribution in [0.5, 0.6) is 11.6 Å². The predicted octanol–water partition coefficient (Wildman–Crippen LogP) is 5.95. The summed E-state index contributed by atoms with van der Waals surface area (Å²) in [5.74, 6) is -4.29. The van der Waals surface area contributed by atoms with Crippen molar-refractivity contribution in [2.75, 3.05) is 12.0 Å². The fourth-order valence-electron chi connectivity index (χ4n) is 4.61. The van der Waals surface area contributed by atoms with Gasteiger partial charge in [0.15, 0.2) is 11.6 Å². The van der Waals surface area contributed by atoms with Crippen molar-refractivity contribution in [2.45, 2.75) is 58.8 Å². The summed E-state index contributed by atoms with van der Waals surface area (Å²) in [6, 6.07) is 2.17. The van der Waals surface area contributed by atoms with Crippen molar-refractivity contribution in [2.24, 2.45) is 5.92 Å². The summed E-state index contributed by atoms with van der Waals surface area (Å²) in [6.45, 7) is 5.37. The fourth-order valence-corrected chi connectivity index (χ4v) is 4.61. The molecule has 218 valence electrons. The lowest BCUT2D eigenvalue weighted by atomic mass is 9.88. The highest BCUT2D eigenvalue weighted by atomic mass is 19.4. The van der Waals surface area contributed by atoms with Crippen LogP contribution in [0.3, 0.4) is 0 Å². The molecule has 1 aliphatic carbocycles. The molecule has 0 saturated carbocycles. The van der Waals surface area contributed by atoms with Gasteiger partial charge in [0.2, 0.25) is 11.8 Å². The number of allylic oxidation sites excluding steroid dienone is 2. The number of esters is 1. The van der Waals surface area contributed by atoms with E-state index < -0.39 is 41.2 Å². The number of halogens is 4. The zero-order valence-corrected chi connectivity index (χ0v) is 22.9. The van der Waals surface area contributed by atoms with Gasteiger partial charge in [-0.1, -0.05) is 16.9 Å². The molecule has 1 amide bonds. The Kier molecular flexibility index (Phi) is 8.74. The molecular formula is C28H29F4N5O4. The van der Waals surface area contributed by atoms with E-state index in [2.05, 4.69) is 15.3 Å². The third-order valence-electron chi connectivity index (χ3n) is 6.69. The van der Waals surface area contributed by atoms with E-state index in [-0.39, 0.29) is 35.2 Å². The van der Waals surface area contributed by atoms with Gasteiger partial charge in [-0.15, -0.1) is 5.10 Å². The quantitative estimate of drug-likeness (QED) is 0.186. The lowest BCUT2D eigenvalue weighted by molar-refractivity contribution is -0.139. The molecule has 2 aromatic heterocycles. The summed E-state index contributed by atoms with van der Waals surface area (Å²) < 4.78 is 68.8. The molecule has 0 fully saturated rings. The van der Waals surface area contributed by atoms with Crippen molar-refractivity contribution in [3.05, 3.63) is 70.9 Å². The second-order valence-electron chi connectivity index (χ2n) is 10.0. The number of benzene rings is 1. The summed E-state index contributed by atoms with van der Waals surface area (Å²) in [5, 5.41) is 7.33. The summed E-state index contributed by atoms with van der Waals surface area (Å²) in [6.07, 6.45) is 2.91. The van der Waals surface area contributed by atoms with E-state index in [9.17, 15) is 22.8 Å². The number of nitrogens with zero attached hydrogens (tertiary/aromatic N) is 5. The van der Waals surface area contributed by atoms with E-state index in [4.69, 9.17) is 9.47 Å². The van der Waals surface area contributed by atoms with Crippen LogP contribution in [0.2, 0.25) is 0 Å². The largest absolute Gasteiger partial charge is 0.465 e. The highest BCUT2D eigenvalue weighted by molar-refractivity contribution is 6.04. The monoisotopic (exact) mass is 575 g/mol. The number of amides is 1. The van der Waals surface area contributed by atoms with Gasteiger partial charge in [-0.05, 0) is 51.7 Å². The first-order chi connectivity index (χ1) is 19.4. The highest BCUT2D eigenvalue weighted by Gasteiger charge is 2.37. The molecule has 41 heavy (non-hydrogen) atoms. The lowest BCUT2D eigenvalue weighted by Crippen LogP contribution is -2.42. The molecule has 2 heterocycles. The van der Waals surface area contributed by atoms with Crippen molar-refractivity contribution in [1.82, 2.24) is 20.0 Å². The number of ether oxygens (including phenoxy) is 2. The van der Waals surface area contributed by atoms with Crippen molar-refractivity contribution < 1.29 is 36.6 Å². The maximum atomic E-state index is 15.5. The molecule has 13 heteroatoms. The molecule has 0 radical (unpaired) electrons. The Balaban J connectivity index is 1.73. The molecule has 1 aliphatic rings. The maximum absolute atomic E-state index is 15.5. The summed E-state index contributed by atoms with van der Waals surface area (Å²) in [7, 11) is 1.10. The molecule has 0 aliphatic heterocycles. The zero-order valence-electron chi connectivity index (χ0n) is 22.9. The number of methoxy groups -OCH3 is 1. The summed E-state index contributed by atoms with van der Waals surface area (Å²) >= 11 is 0. The first-order valence-corrected chi connectivity index (χ1v) is 12.9. The van der Waals surface area contributed by atoms with E-state index in [0.29, 0.717) is 12.8 Å². The van der Waals surface area contributed by atoms with Crippen molar-refractivity contribution in [1.29, 1.82) is 0 Å². The minimum absolute atomic E-state index is 0.0404. The van der Waals surface area contributed by atoms with E-state index >= 15 is 4.39 Å². The van der Waals surface area contributed by atoms with Gasteiger partial charge in [-0.3, -0.25) is 4.79 Å². The average Bonchev–Trinajstić information content (AvgIpc) is 3.43. The maximum Gasteiger partial charge on any atom is 0.421 e. The number of pyridine rings is 1. The van der Waals surface area contributed by atoms with Crippen LogP contribution in [-0.4, -0.2) is 45.0 Å². The van der Waals surface area contributed by atoms with Crippen LogP contribution in [0.15, 0.2) is 48.4 Å². The zero-order chi connectivity index (χ0) is 29.9. The van der Waals surface area contributed by atoms with Gasteiger partial charge >= 0.3 is 12.1 Å². The summed E-state index contributed by atoms with van der Waals surface area (Å²) in [4.78, 5) is 31.4. The second-order valence-corrected chi connectivity index (χ2v) is 10.0. The van der Waals surface area contributed by atoms with Gasteiger partial charge < -0.3 is 14.4 Å². The van der Waals surface area contributed by atoms with Crippen molar-refractivity contribution in [3.8, 4) is 11.6 Å². The van der Waals surface area contributed by atoms with Crippen molar-refractivity contribution >= 4 is 17.6 Å². The number of aromatic nitrogens is 4. The molecule has 9 nitrogen and oxygen atoms in total. The smallest absolute Gasteiger partial charge is 0.421 e. The van der Waals surface area contributed by atoms with Gasteiger partial charge in [-0.2, -0.15) is 13.2 Å². The van der Waals surface area contributed by atoms with E-state index in [1.165, 1.54) is 27.5 Å². The molecule has 0 saturated heterocycles. The molecule has 0 N–H and O–H groups in total. The molecule has 0 unspecified atom stereocenters. The van der Waals surface area contributed by atoms with Gasteiger partial charge in [0.25, 0.3) is 0 Å². The molecule has 0 spiro atoms. The molecule has 4 rings (SSSR count). The van der Waals surface area contributed by atoms with Gasteiger partial charge in [0.05, 0.1) is 31.1 Å². The standard InChI is InChI=1S/C28H29F4N5O4/c1-16(2)37(26(38)19-7-5-17(3)6-8-19)23-13-22(29)24(12-20(23)27(39)40-4)41-25-21(28(30,31)32)11-18(14-33-25)15-36-10-9-34-35-36/h5,9-14,16,19H,6-8,15H2,1-4H3/t19-/m0/s1. The third kappa shape index (κ3) is 6.72. The Morgan fingerprint density at radius 1 is 1.22 bits per heavy atom. The number of rotatable bonds is 8. The number of carbonyl (C=O) groups is 2. The SMILES string of the molecule is COC(=O)c1cc(Oc2ncc(Cn3ccnn3)cc2C(F)(F)F)c(F)cc1N(C(=O)[C@H]1CC=C(C)CC1)C(C)C. The van der Waals surface area contributed by atoms with E-state index in [1.807, 2.05) is 13.0 Å². The van der Waals surface area contributed by atoms with Crippen LogP contribution < -0.4 is 9.64 Å². The third-order valence-corrected chi connectivity index (χ3v) is 6.69. The molecule has 3 aromatic rings. The number of anilines is 1. The predicted molar refractivity (Wildman–Crippen MR) is 140 cm³/mol. The van der Waals surface area contributed by atoms with Gasteiger partial charge in [0, 0.05) is 36.5 Å². The minimum atomic E-state index is -4.89. The van der Waals surface area contributed by atoms with Crippen LogP contribution in [0.1, 0.15) is 61.5 Å². The number of hydrogen-bond donors (Lipinski definition) is 0. The molecular weight excluding hydrogens is 546 g/mol. The van der Waals surface area contributed by atoms with Gasteiger partial charge in [0.1, 0.15) is 5.56 Å².